The molecule has 3 N–H and O–H groups in total. The number of halogens is 1. The molecule has 0 radical (unpaired) electrons. The van der Waals surface area contributed by atoms with Gasteiger partial charge in [-0.1, -0.05) is 19.1 Å². The van der Waals surface area contributed by atoms with Crippen LogP contribution in [0.15, 0.2) is 29.3 Å². The lowest BCUT2D eigenvalue weighted by atomic mass is 10.1. The molecule has 10 heteroatoms. The highest BCUT2D eigenvalue weighted by atomic mass is 127. The molecule has 2 amide bonds. The van der Waals surface area contributed by atoms with E-state index in [1.807, 2.05) is 31.2 Å². The molecule has 2 rings (SSSR count). The van der Waals surface area contributed by atoms with Crippen LogP contribution in [-0.4, -0.2) is 87.5 Å². The Kier molecular flexibility index (Phi) is 13.8. The number of nitrogens with one attached hydrogen (secondary N) is 3. The summed E-state index contributed by atoms with van der Waals surface area (Å²) in [5.41, 5.74) is 1.05. The van der Waals surface area contributed by atoms with Crippen LogP contribution in [-0.2, 0) is 16.1 Å². The van der Waals surface area contributed by atoms with Crippen molar-refractivity contribution in [2.75, 3.05) is 53.9 Å². The molecule has 186 valence electrons. The second-order valence-corrected chi connectivity index (χ2v) is 8.20. The molecule has 1 fully saturated rings. The van der Waals surface area contributed by atoms with E-state index in [0.29, 0.717) is 19.0 Å². The van der Waals surface area contributed by atoms with Crippen LogP contribution in [0.4, 0.5) is 0 Å². The van der Waals surface area contributed by atoms with Gasteiger partial charge in [0.05, 0.1) is 26.7 Å². The SMILES string of the molecule is CCCNC(=O)CN1CCC(NC(=NCc2ccc(OC)cc2)NCC(=O)N(C)C)CC1.I. The molecule has 1 heterocycles. The summed E-state index contributed by atoms with van der Waals surface area (Å²) in [6.45, 7) is 5.58. The zero-order valence-corrected chi connectivity index (χ0v) is 22.6. The number of likely N-dealkylation sites (tertiary alicyclic amines) is 1. The molecule has 0 bridgehead atoms. The van der Waals surface area contributed by atoms with E-state index in [4.69, 9.17) is 4.74 Å². The number of hydrogen-bond donors (Lipinski definition) is 3. The van der Waals surface area contributed by atoms with Crippen molar-refractivity contribution in [1.82, 2.24) is 25.8 Å². The first kappa shape index (κ1) is 29.0. The second-order valence-electron chi connectivity index (χ2n) is 8.20. The fourth-order valence-electron chi connectivity index (χ4n) is 3.32. The fourth-order valence-corrected chi connectivity index (χ4v) is 3.32. The van der Waals surface area contributed by atoms with E-state index in [1.165, 1.54) is 0 Å². The average molecular weight is 575 g/mol. The lowest BCUT2D eigenvalue weighted by molar-refractivity contribution is -0.127. The third-order valence-corrected chi connectivity index (χ3v) is 5.35. The second kappa shape index (κ2) is 15.7. The number of aliphatic imine (C=N–C) groups is 1. The quantitative estimate of drug-likeness (QED) is 0.222. The Morgan fingerprint density at radius 3 is 2.39 bits per heavy atom. The van der Waals surface area contributed by atoms with Crippen molar-refractivity contribution < 1.29 is 14.3 Å². The number of piperidine rings is 1. The molecule has 0 atom stereocenters. The minimum atomic E-state index is -0.0168. The summed E-state index contributed by atoms with van der Waals surface area (Å²) in [7, 11) is 5.11. The predicted molar refractivity (Wildman–Crippen MR) is 142 cm³/mol. The van der Waals surface area contributed by atoms with Crippen LogP contribution in [0.1, 0.15) is 31.7 Å². The molecule has 1 aromatic rings. The third-order valence-electron chi connectivity index (χ3n) is 5.35. The summed E-state index contributed by atoms with van der Waals surface area (Å²) >= 11 is 0. The number of guanidine groups is 1. The predicted octanol–water partition coefficient (Wildman–Crippen LogP) is 1.43. The van der Waals surface area contributed by atoms with Gasteiger partial charge in [0.15, 0.2) is 5.96 Å². The van der Waals surface area contributed by atoms with E-state index in [9.17, 15) is 9.59 Å². The van der Waals surface area contributed by atoms with Gasteiger partial charge in [-0.3, -0.25) is 14.5 Å². The van der Waals surface area contributed by atoms with Crippen molar-refractivity contribution in [3.8, 4) is 5.75 Å². The van der Waals surface area contributed by atoms with Crippen LogP contribution in [0, 0.1) is 0 Å². The first-order valence-corrected chi connectivity index (χ1v) is 11.3. The molecular formula is C23H39IN6O3. The number of nitrogens with zero attached hydrogens (tertiary/aromatic N) is 3. The van der Waals surface area contributed by atoms with Crippen molar-refractivity contribution >= 4 is 41.8 Å². The van der Waals surface area contributed by atoms with E-state index in [1.54, 1.807) is 26.1 Å². The lowest BCUT2D eigenvalue weighted by Gasteiger charge is -2.32. The average Bonchev–Trinajstić information content (AvgIpc) is 2.80. The van der Waals surface area contributed by atoms with Crippen molar-refractivity contribution in [2.45, 2.75) is 38.8 Å². The van der Waals surface area contributed by atoms with Crippen LogP contribution >= 0.6 is 24.0 Å². The molecule has 33 heavy (non-hydrogen) atoms. The van der Waals surface area contributed by atoms with Crippen molar-refractivity contribution in [3.05, 3.63) is 29.8 Å². The molecule has 1 aromatic carbocycles. The van der Waals surface area contributed by atoms with E-state index >= 15 is 0 Å². The highest BCUT2D eigenvalue weighted by Gasteiger charge is 2.21. The number of carbonyl (C=O) groups is 2. The Hall–Kier alpha value is -2.08. The summed E-state index contributed by atoms with van der Waals surface area (Å²) in [5, 5.41) is 9.55. The lowest BCUT2D eigenvalue weighted by Crippen LogP contribution is -2.51. The Morgan fingerprint density at radius 2 is 1.82 bits per heavy atom. The zero-order chi connectivity index (χ0) is 23.3. The van der Waals surface area contributed by atoms with Gasteiger partial charge in [0.25, 0.3) is 0 Å². The van der Waals surface area contributed by atoms with E-state index in [-0.39, 0.29) is 48.4 Å². The molecule has 0 saturated carbocycles. The minimum absolute atomic E-state index is 0. The summed E-state index contributed by atoms with van der Waals surface area (Å²) in [4.78, 5) is 32.4. The maximum absolute atomic E-state index is 12.0. The van der Waals surface area contributed by atoms with E-state index in [2.05, 4.69) is 25.8 Å². The smallest absolute Gasteiger partial charge is 0.241 e. The van der Waals surface area contributed by atoms with Crippen LogP contribution < -0.4 is 20.7 Å². The number of likely N-dealkylation sites (N-methyl/N-ethyl adjacent to an activating group) is 1. The van der Waals surface area contributed by atoms with Gasteiger partial charge in [0.2, 0.25) is 11.8 Å². The number of amides is 2. The van der Waals surface area contributed by atoms with Gasteiger partial charge >= 0.3 is 0 Å². The van der Waals surface area contributed by atoms with Crippen LogP contribution in [0.25, 0.3) is 0 Å². The van der Waals surface area contributed by atoms with Gasteiger partial charge in [-0.05, 0) is 37.0 Å². The zero-order valence-electron chi connectivity index (χ0n) is 20.2. The van der Waals surface area contributed by atoms with Gasteiger partial charge in [-0.15, -0.1) is 24.0 Å². The van der Waals surface area contributed by atoms with Crippen molar-refractivity contribution in [3.63, 3.8) is 0 Å². The number of hydrogen-bond acceptors (Lipinski definition) is 5. The summed E-state index contributed by atoms with van der Waals surface area (Å²) in [6.07, 6.45) is 2.76. The van der Waals surface area contributed by atoms with Crippen LogP contribution in [0.5, 0.6) is 5.75 Å². The number of rotatable bonds is 10. The topological polar surface area (TPSA) is 98.3 Å². The Labute approximate surface area is 214 Å². The Balaban J connectivity index is 0.00000544. The molecular weight excluding hydrogens is 535 g/mol. The number of carbonyl (C=O) groups excluding carboxylic acids is 2. The van der Waals surface area contributed by atoms with Gasteiger partial charge in [0, 0.05) is 39.8 Å². The highest BCUT2D eigenvalue weighted by molar-refractivity contribution is 14.0. The monoisotopic (exact) mass is 574 g/mol. The van der Waals surface area contributed by atoms with Gasteiger partial charge in [0.1, 0.15) is 5.75 Å². The molecule has 0 aromatic heterocycles. The van der Waals surface area contributed by atoms with Gasteiger partial charge in [-0.25, -0.2) is 4.99 Å². The minimum Gasteiger partial charge on any atom is -0.497 e. The van der Waals surface area contributed by atoms with Crippen molar-refractivity contribution in [1.29, 1.82) is 0 Å². The van der Waals surface area contributed by atoms with Crippen molar-refractivity contribution in [2.24, 2.45) is 4.99 Å². The van der Waals surface area contributed by atoms with Crippen LogP contribution in [0.3, 0.4) is 0 Å². The number of benzene rings is 1. The molecule has 0 spiro atoms. The Bertz CT molecular complexity index is 749. The normalized spacial score (nSPS) is 14.7. The molecule has 0 aliphatic carbocycles. The largest absolute Gasteiger partial charge is 0.497 e. The third kappa shape index (κ3) is 11.1. The van der Waals surface area contributed by atoms with Crippen LogP contribution in [0.2, 0.25) is 0 Å². The van der Waals surface area contributed by atoms with Gasteiger partial charge in [-0.2, -0.15) is 0 Å². The highest BCUT2D eigenvalue weighted by Crippen LogP contribution is 2.12. The number of ether oxygens (including phenoxy) is 1. The molecule has 0 unspecified atom stereocenters. The molecule has 1 aliphatic heterocycles. The Morgan fingerprint density at radius 1 is 1.15 bits per heavy atom. The maximum Gasteiger partial charge on any atom is 0.241 e. The first-order chi connectivity index (χ1) is 15.4. The number of methoxy groups -OCH3 is 1. The standard InChI is InChI=1S/C23H38N6O3.HI/c1-5-12-24-21(30)17-29-13-10-19(11-14-29)27-23(26-16-22(31)28(2)3)25-15-18-6-8-20(32-4)9-7-18;/h6-9,19H,5,10-17H2,1-4H3,(H,24,30)(H2,25,26,27);1H. The summed E-state index contributed by atoms with van der Waals surface area (Å²) in [6, 6.07) is 8.02. The fraction of sp³-hybridized carbons (Fsp3) is 0.609. The molecule has 1 saturated heterocycles. The first-order valence-electron chi connectivity index (χ1n) is 11.3. The van der Waals surface area contributed by atoms with E-state index in [0.717, 1.165) is 50.2 Å². The molecule has 1 aliphatic rings. The summed E-state index contributed by atoms with van der Waals surface area (Å²) < 4.78 is 5.20. The summed E-state index contributed by atoms with van der Waals surface area (Å²) in [5.74, 6) is 1.50. The van der Waals surface area contributed by atoms with Gasteiger partial charge < -0.3 is 25.6 Å². The molecule has 9 nitrogen and oxygen atoms in total. The van der Waals surface area contributed by atoms with E-state index < -0.39 is 0 Å². The maximum atomic E-state index is 12.0.